The summed E-state index contributed by atoms with van der Waals surface area (Å²) in [4.78, 5) is 24.4. The third-order valence-electron chi connectivity index (χ3n) is 2.85. The van der Waals surface area contributed by atoms with Gasteiger partial charge in [-0.1, -0.05) is 12.1 Å². The van der Waals surface area contributed by atoms with Gasteiger partial charge < -0.3 is 5.11 Å². The van der Waals surface area contributed by atoms with Gasteiger partial charge in [0.2, 0.25) is 6.41 Å². The minimum absolute atomic E-state index is 0.0177. The average Bonchev–Trinajstić information content (AvgIpc) is 2.44. The Morgan fingerprint density at radius 3 is 2.55 bits per heavy atom. The lowest BCUT2D eigenvalue weighted by molar-refractivity contribution is -0.106. The smallest absolute Gasteiger partial charge is 0.218 e. The molecule has 0 aliphatic heterocycles. The lowest BCUT2D eigenvalue weighted by Crippen LogP contribution is -2.17. The van der Waals surface area contributed by atoms with Gasteiger partial charge in [0, 0.05) is 9.13 Å². The fourth-order valence-corrected chi connectivity index (χ4v) is 2.39. The van der Waals surface area contributed by atoms with Gasteiger partial charge in [0.15, 0.2) is 5.78 Å². The van der Waals surface area contributed by atoms with Crippen molar-refractivity contribution in [1.29, 1.82) is 0 Å². The lowest BCUT2D eigenvalue weighted by atomic mass is 10.1. The summed E-state index contributed by atoms with van der Waals surface area (Å²) >= 11 is 2.09. The number of hydrogen-bond acceptors (Lipinski definition) is 3. The van der Waals surface area contributed by atoms with Crippen LogP contribution in [0.5, 0.6) is 5.75 Å². The van der Waals surface area contributed by atoms with Crippen LogP contribution in [-0.4, -0.2) is 17.3 Å². The van der Waals surface area contributed by atoms with Crippen molar-refractivity contribution in [3.8, 4) is 5.75 Å². The standard InChI is InChI=1S/C15H12INO3/c1-10(19)12-4-2-3-5-13(12)17(9-18)14-8-11(16)6-7-15(14)20/h2-9,20H,1H3. The maximum absolute atomic E-state index is 11.7. The van der Waals surface area contributed by atoms with E-state index in [0.29, 0.717) is 23.3 Å². The predicted octanol–water partition coefficient (Wildman–Crippen LogP) is 3.49. The number of anilines is 2. The van der Waals surface area contributed by atoms with Crippen molar-refractivity contribution in [1.82, 2.24) is 0 Å². The molecular weight excluding hydrogens is 369 g/mol. The van der Waals surface area contributed by atoms with Crippen molar-refractivity contribution in [3.05, 3.63) is 51.6 Å². The zero-order chi connectivity index (χ0) is 14.7. The summed E-state index contributed by atoms with van der Waals surface area (Å²) < 4.78 is 0.877. The van der Waals surface area contributed by atoms with Crippen molar-refractivity contribution in [2.24, 2.45) is 0 Å². The van der Waals surface area contributed by atoms with Crippen LogP contribution in [0.1, 0.15) is 17.3 Å². The van der Waals surface area contributed by atoms with E-state index < -0.39 is 0 Å². The molecule has 102 valence electrons. The SMILES string of the molecule is CC(=O)c1ccccc1N(C=O)c1cc(I)ccc1O. The molecule has 2 rings (SSSR count). The molecule has 5 heteroatoms. The van der Waals surface area contributed by atoms with Crippen LogP contribution >= 0.6 is 22.6 Å². The molecule has 0 aromatic heterocycles. The second-order valence-corrected chi connectivity index (χ2v) is 5.43. The normalized spacial score (nSPS) is 10.1. The minimum Gasteiger partial charge on any atom is -0.506 e. The van der Waals surface area contributed by atoms with E-state index in [2.05, 4.69) is 22.6 Å². The van der Waals surface area contributed by atoms with Crippen molar-refractivity contribution >= 4 is 46.2 Å². The number of phenols is 1. The fraction of sp³-hybridized carbons (Fsp3) is 0.0667. The third kappa shape index (κ3) is 2.82. The Morgan fingerprint density at radius 2 is 1.90 bits per heavy atom. The number of Topliss-reactive ketones (excluding diaryl/α,β-unsaturated/α-hetero) is 1. The molecule has 1 amide bonds. The number of ketones is 1. The van der Waals surface area contributed by atoms with E-state index in [1.807, 2.05) is 0 Å². The molecule has 2 aromatic carbocycles. The van der Waals surface area contributed by atoms with Crippen LogP contribution in [0.4, 0.5) is 11.4 Å². The Balaban J connectivity index is 2.61. The molecule has 0 saturated carbocycles. The van der Waals surface area contributed by atoms with Crippen LogP contribution in [-0.2, 0) is 4.79 Å². The van der Waals surface area contributed by atoms with Crippen LogP contribution < -0.4 is 4.90 Å². The Kier molecular flexibility index (Phi) is 4.39. The molecule has 0 unspecified atom stereocenters. The van der Waals surface area contributed by atoms with E-state index in [-0.39, 0.29) is 11.5 Å². The molecule has 20 heavy (non-hydrogen) atoms. The molecule has 0 spiro atoms. The summed E-state index contributed by atoms with van der Waals surface area (Å²) in [5, 5.41) is 9.94. The molecule has 2 aromatic rings. The Hall–Kier alpha value is -1.89. The first-order valence-corrected chi connectivity index (χ1v) is 6.95. The Bertz CT molecular complexity index is 670. The Morgan fingerprint density at radius 1 is 1.20 bits per heavy atom. The largest absolute Gasteiger partial charge is 0.506 e. The van der Waals surface area contributed by atoms with Crippen molar-refractivity contribution in [2.45, 2.75) is 6.92 Å². The third-order valence-corrected chi connectivity index (χ3v) is 3.52. The number of carbonyl (C=O) groups excluding carboxylic acids is 2. The highest BCUT2D eigenvalue weighted by molar-refractivity contribution is 14.1. The van der Waals surface area contributed by atoms with Gasteiger partial charge in [-0.25, -0.2) is 0 Å². The van der Waals surface area contributed by atoms with Gasteiger partial charge in [0.1, 0.15) is 5.75 Å². The Labute approximate surface area is 130 Å². The molecule has 4 nitrogen and oxygen atoms in total. The summed E-state index contributed by atoms with van der Waals surface area (Å²) in [5.74, 6) is -0.159. The number of amides is 1. The highest BCUT2D eigenvalue weighted by Gasteiger charge is 2.17. The van der Waals surface area contributed by atoms with Gasteiger partial charge >= 0.3 is 0 Å². The van der Waals surface area contributed by atoms with Gasteiger partial charge in [-0.15, -0.1) is 0 Å². The van der Waals surface area contributed by atoms with Crippen LogP contribution in [0.2, 0.25) is 0 Å². The second kappa shape index (κ2) is 6.04. The molecule has 0 fully saturated rings. The number of rotatable bonds is 4. The molecule has 0 heterocycles. The summed E-state index contributed by atoms with van der Waals surface area (Å²) in [6, 6.07) is 11.7. The fourth-order valence-electron chi connectivity index (χ4n) is 1.91. The number of hydrogen-bond donors (Lipinski definition) is 1. The van der Waals surface area contributed by atoms with Gasteiger partial charge in [-0.2, -0.15) is 0 Å². The molecule has 0 bridgehead atoms. The summed E-state index contributed by atoms with van der Waals surface area (Å²) in [6.45, 7) is 1.44. The summed E-state index contributed by atoms with van der Waals surface area (Å²) in [7, 11) is 0. The summed E-state index contributed by atoms with van der Waals surface area (Å²) in [6.07, 6.45) is 0.590. The highest BCUT2D eigenvalue weighted by atomic mass is 127. The maximum atomic E-state index is 11.7. The van der Waals surface area contributed by atoms with E-state index in [4.69, 9.17) is 0 Å². The predicted molar refractivity (Wildman–Crippen MR) is 85.5 cm³/mol. The molecule has 0 radical (unpaired) electrons. The van der Waals surface area contributed by atoms with Crippen molar-refractivity contribution < 1.29 is 14.7 Å². The van der Waals surface area contributed by atoms with Gasteiger partial charge in [0.25, 0.3) is 0 Å². The first-order chi connectivity index (χ1) is 9.54. The van der Waals surface area contributed by atoms with Crippen LogP contribution in [0.15, 0.2) is 42.5 Å². The van der Waals surface area contributed by atoms with E-state index in [1.165, 1.54) is 17.9 Å². The molecule has 0 atom stereocenters. The molecule has 0 aliphatic carbocycles. The first-order valence-electron chi connectivity index (χ1n) is 5.87. The van der Waals surface area contributed by atoms with Gasteiger partial charge in [-0.05, 0) is 59.8 Å². The number of nitrogens with zero attached hydrogens (tertiary/aromatic N) is 1. The number of aromatic hydroxyl groups is 1. The molecule has 1 N–H and O–H groups in total. The van der Waals surface area contributed by atoms with E-state index in [9.17, 15) is 14.7 Å². The van der Waals surface area contributed by atoms with Gasteiger partial charge in [0.05, 0.1) is 11.4 Å². The van der Waals surface area contributed by atoms with Crippen LogP contribution in [0.25, 0.3) is 0 Å². The van der Waals surface area contributed by atoms with Gasteiger partial charge in [-0.3, -0.25) is 14.5 Å². The topological polar surface area (TPSA) is 57.6 Å². The number of para-hydroxylation sites is 1. The number of halogens is 1. The second-order valence-electron chi connectivity index (χ2n) is 4.18. The zero-order valence-electron chi connectivity index (χ0n) is 10.7. The van der Waals surface area contributed by atoms with E-state index >= 15 is 0 Å². The first kappa shape index (κ1) is 14.5. The monoisotopic (exact) mass is 381 g/mol. The summed E-state index contributed by atoms with van der Waals surface area (Å²) in [5.41, 5.74) is 1.23. The number of phenolic OH excluding ortho intramolecular Hbond substituents is 1. The molecular formula is C15H12INO3. The van der Waals surface area contributed by atoms with Crippen molar-refractivity contribution in [3.63, 3.8) is 0 Å². The minimum atomic E-state index is -0.141. The number of carbonyl (C=O) groups is 2. The lowest BCUT2D eigenvalue weighted by Gasteiger charge is -2.21. The molecule has 0 aliphatic rings. The quantitative estimate of drug-likeness (QED) is 0.501. The zero-order valence-corrected chi connectivity index (χ0v) is 12.9. The average molecular weight is 381 g/mol. The maximum Gasteiger partial charge on any atom is 0.218 e. The van der Waals surface area contributed by atoms with E-state index in [1.54, 1.807) is 36.4 Å². The highest BCUT2D eigenvalue weighted by Crippen LogP contribution is 2.34. The molecule has 0 saturated heterocycles. The number of benzene rings is 2. The van der Waals surface area contributed by atoms with Crippen LogP contribution in [0, 0.1) is 3.57 Å². The van der Waals surface area contributed by atoms with Crippen molar-refractivity contribution in [2.75, 3.05) is 4.90 Å². The van der Waals surface area contributed by atoms with Crippen LogP contribution in [0.3, 0.4) is 0 Å². The van der Waals surface area contributed by atoms with E-state index in [0.717, 1.165) is 3.57 Å².